The van der Waals surface area contributed by atoms with Gasteiger partial charge < -0.3 is 15.7 Å². The molecule has 0 aromatic carbocycles. The van der Waals surface area contributed by atoms with E-state index in [-0.39, 0.29) is 23.8 Å². The summed E-state index contributed by atoms with van der Waals surface area (Å²) in [5.74, 6) is -0.326. The molecule has 0 aliphatic rings. The van der Waals surface area contributed by atoms with Crippen molar-refractivity contribution >= 4 is 11.5 Å². The first-order chi connectivity index (χ1) is 8.33. The number of hydrogen-bond acceptors (Lipinski definition) is 4. The Morgan fingerprint density at radius 1 is 1.50 bits per heavy atom. The smallest absolute Gasteiger partial charge is 0.395 e. The molecule has 0 saturated heterocycles. The van der Waals surface area contributed by atoms with Gasteiger partial charge in [-0.15, -0.1) is 0 Å². The lowest BCUT2D eigenvalue weighted by atomic mass is 10.2. The molecule has 0 bridgehead atoms. The van der Waals surface area contributed by atoms with Gasteiger partial charge in [0.1, 0.15) is 18.1 Å². The molecule has 0 unspecified atom stereocenters. The number of nitrogens with zero attached hydrogens (tertiary/aromatic N) is 2. The molecule has 100 valence electrons. The van der Waals surface area contributed by atoms with Crippen LogP contribution >= 0.6 is 0 Å². The number of aliphatic hydroxyl groups excluding tert-OH is 1. The summed E-state index contributed by atoms with van der Waals surface area (Å²) < 4.78 is 37.1. The molecule has 0 radical (unpaired) electrons. The molecule has 5 nitrogen and oxygen atoms in total. The van der Waals surface area contributed by atoms with E-state index in [9.17, 15) is 13.2 Å². The summed E-state index contributed by atoms with van der Waals surface area (Å²) in [5.41, 5.74) is 5.52. The van der Waals surface area contributed by atoms with E-state index in [0.717, 1.165) is 4.90 Å². The topological polar surface area (TPSA) is 86.2 Å². The lowest BCUT2D eigenvalue weighted by Crippen LogP contribution is -2.36. The maximum Gasteiger partial charge on any atom is 0.405 e. The predicted octanol–water partition coefficient (Wildman–Crippen LogP) is 0.727. The van der Waals surface area contributed by atoms with E-state index >= 15 is 0 Å². The van der Waals surface area contributed by atoms with Crippen molar-refractivity contribution in [2.45, 2.75) is 6.18 Å². The van der Waals surface area contributed by atoms with E-state index in [1.54, 1.807) is 0 Å². The third-order valence-corrected chi connectivity index (χ3v) is 2.12. The van der Waals surface area contributed by atoms with Gasteiger partial charge in [0.05, 0.1) is 6.61 Å². The van der Waals surface area contributed by atoms with Gasteiger partial charge >= 0.3 is 6.18 Å². The fraction of sp³-hybridized carbons (Fsp3) is 0.400. The number of nitrogen functional groups attached to an aromatic ring is 1. The monoisotopic (exact) mass is 262 g/mol. The Hall–Kier alpha value is -1.83. The van der Waals surface area contributed by atoms with Crippen molar-refractivity contribution in [3.63, 3.8) is 0 Å². The van der Waals surface area contributed by atoms with Gasteiger partial charge in [0, 0.05) is 18.4 Å². The molecule has 0 atom stereocenters. The van der Waals surface area contributed by atoms with Crippen LogP contribution in [0.4, 0.5) is 18.9 Å². The van der Waals surface area contributed by atoms with Gasteiger partial charge in [0.15, 0.2) is 0 Å². The van der Waals surface area contributed by atoms with Crippen molar-refractivity contribution in [2.75, 3.05) is 24.6 Å². The summed E-state index contributed by atoms with van der Waals surface area (Å²) in [6.45, 7) is -1.76. The molecule has 0 fully saturated rings. The highest BCUT2D eigenvalue weighted by Crippen LogP contribution is 2.22. The van der Waals surface area contributed by atoms with Crippen LogP contribution in [-0.4, -0.2) is 41.8 Å². The van der Waals surface area contributed by atoms with Crippen molar-refractivity contribution in [1.82, 2.24) is 4.98 Å². The Labute approximate surface area is 102 Å². The van der Waals surface area contributed by atoms with Crippen LogP contribution in [0.2, 0.25) is 0 Å². The third kappa shape index (κ3) is 4.21. The average molecular weight is 262 g/mol. The molecule has 4 N–H and O–H groups in total. The van der Waals surface area contributed by atoms with E-state index in [0.29, 0.717) is 0 Å². The number of alkyl halides is 3. The minimum atomic E-state index is -4.38. The predicted molar refractivity (Wildman–Crippen MR) is 60.6 cm³/mol. The number of amidine groups is 1. The molecular formula is C10H13F3N4O. The number of aliphatic hydroxyl groups is 1. The minimum Gasteiger partial charge on any atom is -0.395 e. The molecule has 0 aliphatic heterocycles. The summed E-state index contributed by atoms with van der Waals surface area (Å²) in [6, 6.07) is 2.65. The summed E-state index contributed by atoms with van der Waals surface area (Å²) in [6.07, 6.45) is -3.11. The molecule has 1 aromatic rings. The van der Waals surface area contributed by atoms with Gasteiger partial charge in [-0.05, 0) is 12.1 Å². The summed E-state index contributed by atoms with van der Waals surface area (Å²) in [5, 5.41) is 16.0. The molecule has 1 aromatic heterocycles. The van der Waals surface area contributed by atoms with Crippen molar-refractivity contribution in [3.8, 4) is 0 Å². The van der Waals surface area contributed by atoms with Gasteiger partial charge in [-0.25, -0.2) is 0 Å². The van der Waals surface area contributed by atoms with Crippen molar-refractivity contribution in [3.05, 3.63) is 24.0 Å². The van der Waals surface area contributed by atoms with Crippen molar-refractivity contribution in [2.24, 2.45) is 5.73 Å². The number of nitrogens with one attached hydrogen (secondary N) is 1. The Bertz CT molecular complexity index is 422. The highest BCUT2D eigenvalue weighted by molar-refractivity contribution is 5.93. The van der Waals surface area contributed by atoms with E-state index in [2.05, 4.69) is 4.98 Å². The van der Waals surface area contributed by atoms with Gasteiger partial charge in [-0.3, -0.25) is 10.4 Å². The minimum absolute atomic E-state index is 0.0950. The van der Waals surface area contributed by atoms with Crippen LogP contribution in [0.5, 0.6) is 0 Å². The Morgan fingerprint density at radius 3 is 2.67 bits per heavy atom. The number of aromatic nitrogens is 1. The third-order valence-electron chi connectivity index (χ3n) is 2.12. The molecular weight excluding hydrogens is 249 g/mol. The zero-order valence-electron chi connectivity index (χ0n) is 9.41. The largest absolute Gasteiger partial charge is 0.405 e. The zero-order valence-corrected chi connectivity index (χ0v) is 9.41. The number of hydrogen-bond donors (Lipinski definition) is 3. The first-order valence-electron chi connectivity index (χ1n) is 5.06. The van der Waals surface area contributed by atoms with Crippen LogP contribution in [0.3, 0.4) is 0 Å². The maximum atomic E-state index is 12.4. The lowest BCUT2D eigenvalue weighted by Gasteiger charge is -2.25. The number of anilines is 1. The Kier molecular flexibility index (Phi) is 4.49. The molecule has 0 amide bonds. The van der Waals surface area contributed by atoms with E-state index < -0.39 is 19.3 Å². The first-order valence-corrected chi connectivity index (χ1v) is 5.06. The standard InChI is InChI=1S/C10H13F3N4O/c11-10(12,13)6-17(3-4-18)7-1-2-16-8(5-7)9(14)15/h1-2,5,18H,3-4,6H2,(H3,14,15). The molecule has 0 spiro atoms. The first kappa shape index (κ1) is 14.2. The quantitative estimate of drug-likeness (QED) is 0.539. The molecule has 1 rings (SSSR count). The zero-order chi connectivity index (χ0) is 13.8. The van der Waals surface area contributed by atoms with Crippen LogP contribution in [0.15, 0.2) is 18.3 Å². The highest BCUT2D eigenvalue weighted by Gasteiger charge is 2.30. The lowest BCUT2D eigenvalue weighted by molar-refractivity contribution is -0.119. The number of nitrogens with two attached hydrogens (primary N) is 1. The summed E-state index contributed by atoms with van der Waals surface area (Å²) >= 11 is 0. The van der Waals surface area contributed by atoms with Gasteiger partial charge in [-0.2, -0.15) is 13.2 Å². The molecule has 1 heterocycles. The summed E-state index contributed by atoms with van der Waals surface area (Å²) in [4.78, 5) is 4.71. The maximum absolute atomic E-state index is 12.4. The molecule has 18 heavy (non-hydrogen) atoms. The molecule has 0 saturated carbocycles. The van der Waals surface area contributed by atoms with Gasteiger partial charge in [0.25, 0.3) is 0 Å². The number of halogens is 3. The highest BCUT2D eigenvalue weighted by atomic mass is 19.4. The van der Waals surface area contributed by atoms with Crippen LogP contribution < -0.4 is 10.6 Å². The number of rotatable bonds is 5. The molecule has 0 aliphatic carbocycles. The fourth-order valence-corrected chi connectivity index (χ4v) is 1.40. The Balaban J connectivity index is 2.98. The van der Waals surface area contributed by atoms with Crippen molar-refractivity contribution in [1.29, 1.82) is 5.41 Å². The van der Waals surface area contributed by atoms with E-state index in [4.69, 9.17) is 16.2 Å². The van der Waals surface area contributed by atoms with Crippen LogP contribution in [0.25, 0.3) is 0 Å². The van der Waals surface area contributed by atoms with E-state index in [1.807, 2.05) is 0 Å². The summed E-state index contributed by atoms with van der Waals surface area (Å²) in [7, 11) is 0. The van der Waals surface area contributed by atoms with Crippen LogP contribution in [0, 0.1) is 5.41 Å². The second-order valence-electron chi connectivity index (χ2n) is 3.57. The van der Waals surface area contributed by atoms with E-state index in [1.165, 1.54) is 18.3 Å². The van der Waals surface area contributed by atoms with Gasteiger partial charge in [0.2, 0.25) is 0 Å². The van der Waals surface area contributed by atoms with Crippen LogP contribution in [0.1, 0.15) is 5.69 Å². The second kappa shape index (κ2) is 5.67. The number of pyridine rings is 1. The average Bonchev–Trinajstić information content (AvgIpc) is 2.27. The Morgan fingerprint density at radius 2 is 2.17 bits per heavy atom. The van der Waals surface area contributed by atoms with Gasteiger partial charge in [-0.1, -0.05) is 0 Å². The second-order valence-corrected chi connectivity index (χ2v) is 3.57. The van der Waals surface area contributed by atoms with Crippen LogP contribution in [-0.2, 0) is 0 Å². The normalized spacial score (nSPS) is 11.3. The van der Waals surface area contributed by atoms with Crippen molar-refractivity contribution < 1.29 is 18.3 Å². The SMILES string of the molecule is N=C(N)c1cc(N(CCO)CC(F)(F)F)ccn1. The fourth-order valence-electron chi connectivity index (χ4n) is 1.40. The molecule has 8 heteroatoms.